The summed E-state index contributed by atoms with van der Waals surface area (Å²) in [6.07, 6.45) is 6.81. The van der Waals surface area contributed by atoms with Crippen molar-refractivity contribution in [3.8, 4) is 5.75 Å². The van der Waals surface area contributed by atoms with Crippen LogP contribution in [0.2, 0.25) is 0 Å². The second-order valence-corrected chi connectivity index (χ2v) is 5.37. The smallest absolute Gasteiger partial charge is 0.309 e. The number of ether oxygens (including phenoxy) is 2. The van der Waals surface area contributed by atoms with Gasteiger partial charge in [-0.3, -0.25) is 4.79 Å². The van der Waals surface area contributed by atoms with Crippen molar-refractivity contribution >= 4 is 21.9 Å². The summed E-state index contributed by atoms with van der Waals surface area (Å²) < 4.78 is 11.7. The summed E-state index contributed by atoms with van der Waals surface area (Å²) in [7, 11) is 0. The Kier molecular flexibility index (Phi) is 5.45. The van der Waals surface area contributed by atoms with E-state index in [0.29, 0.717) is 13.2 Å². The average Bonchev–Trinajstić information content (AvgIpc) is 2.44. The molecule has 0 aromatic heterocycles. The Bertz CT molecular complexity index is 456. The number of carbonyl (C=O) groups excluding carboxylic acids is 1. The fourth-order valence-electron chi connectivity index (χ4n) is 1.98. The first-order valence-electron chi connectivity index (χ1n) is 6.46. The molecule has 0 spiro atoms. The predicted molar refractivity (Wildman–Crippen MR) is 77.1 cm³/mol. The van der Waals surface area contributed by atoms with Gasteiger partial charge in [-0.05, 0) is 37.5 Å². The van der Waals surface area contributed by atoms with Gasteiger partial charge in [0.1, 0.15) is 19.0 Å². The molecule has 1 aliphatic carbocycles. The van der Waals surface area contributed by atoms with Gasteiger partial charge in [0, 0.05) is 4.47 Å². The molecule has 0 saturated carbocycles. The van der Waals surface area contributed by atoms with Gasteiger partial charge in [-0.25, -0.2) is 0 Å². The molecule has 1 aliphatic rings. The molecule has 1 aromatic carbocycles. The van der Waals surface area contributed by atoms with Crippen molar-refractivity contribution < 1.29 is 14.3 Å². The number of carbonyl (C=O) groups is 1. The SMILES string of the molecule is O=C(OCCOc1cccc(Br)c1)C1CC=CCC1. The molecule has 0 fully saturated rings. The fourth-order valence-corrected chi connectivity index (χ4v) is 2.36. The highest BCUT2D eigenvalue weighted by Crippen LogP contribution is 2.20. The highest BCUT2D eigenvalue weighted by Gasteiger charge is 2.19. The van der Waals surface area contributed by atoms with E-state index in [4.69, 9.17) is 9.47 Å². The Morgan fingerprint density at radius 2 is 2.21 bits per heavy atom. The van der Waals surface area contributed by atoms with Crippen LogP contribution in [0.5, 0.6) is 5.75 Å². The van der Waals surface area contributed by atoms with Crippen molar-refractivity contribution in [1.82, 2.24) is 0 Å². The number of hydrogen-bond donors (Lipinski definition) is 0. The van der Waals surface area contributed by atoms with Gasteiger partial charge in [-0.15, -0.1) is 0 Å². The van der Waals surface area contributed by atoms with E-state index in [-0.39, 0.29) is 11.9 Å². The van der Waals surface area contributed by atoms with Gasteiger partial charge < -0.3 is 9.47 Å². The zero-order valence-corrected chi connectivity index (χ0v) is 12.3. The molecule has 102 valence electrons. The van der Waals surface area contributed by atoms with Crippen molar-refractivity contribution in [2.24, 2.45) is 5.92 Å². The number of rotatable bonds is 5. The number of benzene rings is 1. The van der Waals surface area contributed by atoms with E-state index < -0.39 is 0 Å². The van der Waals surface area contributed by atoms with E-state index >= 15 is 0 Å². The third-order valence-electron chi connectivity index (χ3n) is 2.99. The summed E-state index contributed by atoms with van der Waals surface area (Å²) in [5, 5.41) is 0. The summed E-state index contributed by atoms with van der Waals surface area (Å²) in [6, 6.07) is 7.59. The molecule has 19 heavy (non-hydrogen) atoms. The van der Waals surface area contributed by atoms with Crippen LogP contribution in [0.3, 0.4) is 0 Å². The molecule has 0 aliphatic heterocycles. The second kappa shape index (κ2) is 7.34. The first-order valence-corrected chi connectivity index (χ1v) is 7.25. The largest absolute Gasteiger partial charge is 0.490 e. The third-order valence-corrected chi connectivity index (χ3v) is 3.49. The molecular weight excluding hydrogens is 308 g/mol. The summed E-state index contributed by atoms with van der Waals surface area (Å²) in [5.41, 5.74) is 0. The number of halogens is 1. The molecule has 0 radical (unpaired) electrons. The fraction of sp³-hybridized carbons (Fsp3) is 0.400. The molecule has 3 nitrogen and oxygen atoms in total. The van der Waals surface area contributed by atoms with E-state index in [0.717, 1.165) is 29.5 Å². The van der Waals surface area contributed by atoms with Crippen LogP contribution in [0.25, 0.3) is 0 Å². The van der Waals surface area contributed by atoms with Crippen LogP contribution in [0.4, 0.5) is 0 Å². The molecular formula is C15H17BrO3. The van der Waals surface area contributed by atoms with Crippen molar-refractivity contribution in [1.29, 1.82) is 0 Å². The van der Waals surface area contributed by atoms with Crippen LogP contribution in [-0.4, -0.2) is 19.2 Å². The number of allylic oxidation sites excluding steroid dienone is 2. The van der Waals surface area contributed by atoms with E-state index in [1.807, 2.05) is 30.3 Å². The first kappa shape index (κ1) is 14.1. The monoisotopic (exact) mass is 324 g/mol. The Balaban J connectivity index is 1.66. The minimum Gasteiger partial charge on any atom is -0.490 e. The first-order chi connectivity index (χ1) is 9.25. The Labute approximate surface area is 121 Å². The number of esters is 1. The third kappa shape index (κ3) is 4.71. The average molecular weight is 325 g/mol. The Morgan fingerprint density at radius 3 is 2.95 bits per heavy atom. The molecule has 0 N–H and O–H groups in total. The normalized spacial score (nSPS) is 18.1. The maximum absolute atomic E-state index is 11.7. The molecule has 0 amide bonds. The van der Waals surface area contributed by atoms with Gasteiger partial charge in [-0.2, -0.15) is 0 Å². The zero-order chi connectivity index (χ0) is 13.5. The Hall–Kier alpha value is -1.29. The lowest BCUT2D eigenvalue weighted by Gasteiger charge is -2.16. The lowest BCUT2D eigenvalue weighted by molar-refractivity contribution is -0.149. The lowest BCUT2D eigenvalue weighted by Crippen LogP contribution is -2.21. The minimum atomic E-state index is -0.109. The van der Waals surface area contributed by atoms with E-state index in [1.54, 1.807) is 0 Å². The van der Waals surface area contributed by atoms with Gasteiger partial charge in [-0.1, -0.05) is 34.1 Å². The highest BCUT2D eigenvalue weighted by molar-refractivity contribution is 9.10. The topological polar surface area (TPSA) is 35.5 Å². The molecule has 0 saturated heterocycles. The molecule has 1 atom stereocenters. The van der Waals surface area contributed by atoms with Crippen LogP contribution >= 0.6 is 15.9 Å². The Morgan fingerprint density at radius 1 is 1.32 bits per heavy atom. The van der Waals surface area contributed by atoms with Crippen LogP contribution in [0.15, 0.2) is 40.9 Å². The van der Waals surface area contributed by atoms with E-state index in [2.05, 4.69) is 22.0 Å². The molecule has 4 heteroatoms. The van der Waals surface area contributed by atoms with Crippen molar-refractivity contribution in [3.05, 3.63) is 40.9 Å². The zero-order valence-electron chi connectivity index (χ0n) is 10.7. The maximum atomic E-state index is 11.7. The molecule has 0 heterocycles. The second-order valence-electron chi connectivity index (χ2n) is 4.45. The maximum Gasteiger partial charge on any atom is 0.309 e. The molecule has 2 rings (SSSR count). The van der Waals surface area contributed by atoms with Gasteiger partial charge >= 0.3 is 5.97 Å². The van der Waals surface area contributed by atoms with E-state index in [9.17, 15) is 4.79 Å². The van der Waals surface area contributed by atoms with Crippen molar-refractivity contribution in [3.63, 3.8) is 0 Å². The van der Waals surface area contributed by atoms with Crippen LogP contribution in [0, 0.1) is 5.92 Å². The number of hydrogen-bond acceptors (Lipinski definition) is 3. The quantitative estimate of drug-likeness (QED) is 0.470. The predicted octanol–water partition coefficient (Wildman–Crippen LogP) is 3.73. The van der Waals surface area contributed by atoms with Gasteiger partial charge in [0.2, 0.25) is 0 Å². The van der Waals surface area contributed by atoms with Gasteiger partial charge in [0.15, 0.2) is 0 Å². The minimum absolute atomic E-state index is 0.0240. The van der Waals surface area contributed by atoms with Crippen LogP contribution < -0.4 is 4.74 Å². The van der Waals surface area contributed by atoms with Gasteiger partial charge in [0.25, 0.3) is 0 Å². The van der Waals surface area contributed by atoms with Crippen molar-refractivity contribution in [2.45, 2.75) is 19.3 Å². The molecule has 1 unspecified atom stereocenters. The van der Waals surface area contributed by atoms with Crippen LogP contribution in [-0.2, 0) is 9.53 Å². The lowest BCUT2D eigenvalue weighted by atomic mass is 9.95. The summed E-state index contributed by atoms with van der Waals surface area (Å²) >= 11 is 3.37. The molecule has 1 aromatic rings. The molecule has 0 bridgehead atoms. The van der Waals surface area contributed by atoms with Gasteiger partial charge in [0.05, 0.1) is 5.92 Å². The van der Waals surface area contributed by atoms with Crippen molar-refractivity contribution in [2.75, 3.05) is 13.2 Å². The summed E-state index contributed by atoms with van der Waals surface area (Å²) in [5.74, 6) is 0.684. The standard InChI is InChI=1S/C15H17BrO3/c16-13-7-4-8-14(11-13)18-9-10-19-15(17)12-5-2-1-3-6-12/h1-2,4,7-8,11-12H,3,5-6,9-10H2. The summed E-state index contributed by atoms with van der Waals surface area (Å²) in [4.78, 5) is 11.7. The van der Waals surface area contributed by atoms with Crippen LogP contribution in [0.1, 0.15) is 19.3 Å². The summed E-state index contributed by atoms with van der Waals surface area (Å²) in [6.45, 7) is 0.677. The highest BCUT2D eigenvalue weighted by atomic mass is 79.9. The van der Waals surface area contributed by atoms with E-state index in [1.165, 1.54) is 0 Å².